The van der Waals surface area contributed by atoms with E-state index >= 15 is 0 Å². The highest BCUT2D eigenvalue weighted by Gasteiger charge is 2.29. The van der Waals surface area contributed by atoms with Crippen molar-refractivity contribution in [1.82, 2.24) is 14.7 Å². The maximum atomic E-state index is 12.9. The summed E-state index contributed by atoms with van der Waals surface area (Å²) in [6, 6.07) is 0.633. The summed E-state index contributed by atoms with van der Waals surface area (Å²) in [5.74, 6) is 0.121. The van der Waals surface area contributed by atoms with Crippen molar-refractivity contribution in [2.75, 3.05) is 6.54 Å². The van der Waals surface area contributed by atoms with Crippen LogP contribution < -0.4 is 5.73 Å². The van der Waals surface area contributed by atoms with Crippen LogP contribution in [0.5, 0.6) is 0 Å². The van der Waals surface area contributed by atoms with E-state index in [0.29, 0.717) is 12.1 Å². The molecule has 1 aliphatic carbocycles. The molecule has 0 spiro atoms. The van der Waals surface area contributed by atoms with Crippen molar-refractivity contribution in [1.29, 1.82) is 0 Å². The van der Waals surface area contributed by atoms with Gasteiger partial charge in [-0.3, -0.25) is 9.48 Å². The van der Waals surface area contributed by atoms with E-state index in [0.717, 1.165) is 49.2 Å². The highest BCUT2D eigenvalue weighted by atomic mass is 16.2. The number of nitrogens with zero attached hydrogens (tertiary/aromatic N) is 3. The normalized spacial score (nSPS) is 22.9. The average Bonchev–Trinajstić information content (AvgIpc) is 2.66. The van der Waals surface area contributed by atoms with E-state index in [4.69, 9.17) is 5.73 Å². The van der Waals surface area contributed by atoms with Gasteiger partial charge in [0, 0.05) is 31.4 Å². The monoisotopic (exact) mass is 278 g/mol. The Morgan fingerprint density at radius 2 is 1.95 bits per heavy atom. The molecule has 1 aliphatic rings. The SMILES string of the molecule is CCN(C(=O)c1c(C)nn(C)c1C)C1CCC(N)CC1. The predicted octanol–water partition coefficient (Wildman–Crippen LogP) is 1.77. The molecule has 1 fully saturated rings. The number of nitrogens with two attached hydrogens (primary N) is 1. The zero-order valence-electron chi connectivity index (χ0n) is 13.0. The molecule has 0 radical (unpaired) electrons. The van der Waals surface area contributed by atoms with Crippen LogP contribution in [0, 0.1) is 13.8 Å². The van der Waals surface area contributed by atoms with Gasteiger partial charge < -0.3 is 10.6 Å². The first-order valence-electron chi connectivity index (χ1n) is 7.52. The maximum Gasteiger partial charge on any atom is 0.257 e. The Balaban J connectivity index is 2.21. The van der Waals surface area contributed by atoms with Crippen molar-refractivity contribution in [3.63, 3.8) is 0 Å². The second-order valence-electron chi connectivity index (χ2n) is 5.83. The van der Waals surface area contributed by atoms with Crippen molar-refractivity contribution in [2.45, 2.75) is 58.5 Å². The molecule has 0 aromatic carbocycles. The van der Waals surface area contributed by atoms with Gasteiger partial charge in [-0.2, -0.15) is 5.10 Å². The molecule has 2 rings (SSSR count). The Kier molecular flexibility index (Phi) is 4.48. The topological polar surface area (TPSA) is 64.2 Å². The lowest BCUT2D eigenvalue weighted by atomic mass is 9.90. The van der Waals surface area contributed by atoms with Gasteiger partial charge in [-0.1, -0.05) is 0 Å². The fourth-order valence-corrected chi connectivity index (χ4v) is 3.21. The van der Waals surface area contributed by atoms with E-state index < -0.39 is 0 Å². The molecule has 0 unspecified atom stereocenters. The van der Waals surface area contributed by atoms with Gasteiger partial charge >= 0.3 is 0 Å². The standard InChI is InChI=1S/C15H26N4O/c1-5-19(13-8-6-12(16)7-9-13)15(20)14-10(2)17-18(4)11(14)3/h12-13H,5-9,16H2,1-4H3. The van der Waals surface area contributed by atoms with Gasteiger partial charge in [0.15, 0.2) is 0 Å². The number of carbonyl (C=O) groups excluding carboxylic acids is 1. The van der Waals surface area contributed by atoms with E-state index in [1.165, 1.54) is 0 Å². The molecule has 2 N–H and O–H groups in total. The van der Waals surface area contributed by atoms with E-state index in [1.54, 1.807) is 4.68 Å². The van der Waals surface area contributed by atoms with Crippen LogP contribution in [0.15, 0.2) is 0 Å². The molecule has 5 heteroatoms. The van der Waals surface area contributed by atoms with Crippen LogP contribution in [0.4, 0.5) is 0 Å². The number of amides is 1. The number of carbonyl (C=O) groups is 1. The summed E-state index contributed by atoms with van der Waals surface area (Å²) in [5, 5.41) is 4.35. The van der Waals surface area contributed by atoms with Crippen molar-refractivity contribution in [2.24, 2.45) is 12.8 Å². The third-order valence-corrected chi connectivity index (χ3v) is 4.51. The van der Waals surface area contributed by atoms with E-state index in [1.807, 2.05) is 32.7 Å². The summed E-state index contributed by atoms with van der Waals surface area (Å²) in [5.41, 5.74) is 8.49. The molecule has 1 heterocycles. The third-order valence-electron chi connectivity index (χ3n) is 4.51. The molecule has 0 atom stereocenters. The minimum absolute atomic E-state index is 0.121. The van der Waals surface area contributed by atoms with Crippen molar-refractivity contribution < 1.29 is 4.79 Å². The summed E-state index contributed by atoms with van der Waals surface area (Å²) < 4.78 is 1.78. The van der Waals surface area contributed by atoms with Crippen molar-refractivity contribution >= 4 is 5.91 Å². The second-order valence-corrected chi connectivity index (χ2v) is 5.83. The first-order valence-corrected chi connectivity index (χ1v) is 7.52. The zero-order valence-corrected chi connectivity index (χ0v) is 13.0. The van der Waals surface area contributed by atoms with Crippen LogP contribution in [0.25, 0.3) is 0 Å². The predicted molar refractivity (Wildman–Crippen MR) is 79.6 cm³/mol. The van der Waals surface area contributed by atoms with Crippen LogP contribution >= 0.6 is 0 Å². The van der Waals surface area contributed by atoms with Crippen LogP contribution in [0.1, 0.15) is 54.4 Å². The molecular weight excluding hydrogens is 252 g/mol. The quantitative estimate of drug-likeness (QED) is 0.916. The van der Waals surface area contributed by atoms with Gasteiger partial charge in [0.05, 0.1) is 11.3 Å². The van der Waals surface area contributed by atoms with Crippen LogP contribution in [-0.2, 0) is 7.05 Å². The molecule has 1 saturated carbocycles. The Labute approximate surface area is 121 Å². The lowest BCUT2D eigenvalue weighted by Crippen LogP contribution is -2.44. The van der Waals surface area contributed by atoms with Crippen molar-refractivity contribution in [3.8, 4) is 0 Å². The number of aromatic nitrogens is 2. The van der Waals surface area contributed by atoms with E-state index in [2.05, 4.69) is 5.10 Å². The fraction of sp³-hybridized carbons (Fsp3) is 0.733. The lowest BCUT2D eigenvalue weighted by molar-refractivity contribution is 0.0639. The highest BCUT2D eigenvalue weighted by Crippen LogP contribution is 2.25. The summed E-state index contributed by atoms with van der Waals surface area (Å²) in [6.45, 7) is 6.66. The molecule has 0 aliphatic heterocycles. The average molecular weight is 278 g/mol. The number of hydrogen-bond acceptors (Lipinski definition) is 3. The van der Waals surface area contributed by atoms with Gasteiger partial charge in [-0.05, 0) is 46.5 Å². The van der Waals surface area contributed by atoms with Crippen LogP contribution in [-0.4, -0.2) is 39.2 Å². The first kappa shape index (κ1) is 15.0. The zero-order chi connectivity index (χ0) is 14.9. The smallest absolute Gasteiger partial charge is 0.257 e. The Bertz CT molecular complexity index is 486. The minimum Gasteiger partial charge on any atom is -0.336 e. The van der Waals surface area contributed by atoms with Gasteiger partial charge in [0.25, 0.3) is 5.91 Å². The Morgan fingerprint density at radius 1 is 1.35 bits per heavy atom. The molecule has 1 aromatic rings. The maximum absolute atomic E-state index is 12.9. The van der Waals surface area contributed by atoms with Crippen molar-refractivity contribution in [3.05, 3.63) is 17.0 Å². The molecule has 1 amide bonds. The molecule has 1 aromatic heterocycles. The Hall–Kier alpha value is -1.36. The van der Waals surface area contributed by atoms with Gasteiger partial charge in [0.1, 0.15) is 0 Å². The lowest BCUT2D eigenvalue weighted by Gasteiger charge is -2.35. The second kappa shape index (κ2) is 5.95. The van der Waals surface area contributed by atoms with Gasteiger partial charge in [0.2, 0.25) is 0 Å². The van der Waals surface area contributed by atoms with Crippen LogP contribution in [0.2, 0.25) is 0 Å². The minimum atomic E-state index is 0.121. The van der Waals surface area contributed by atoms with Gasteiger partial charge in [-0.25, -0.2) is 0 Å². The fourth-order valence-electron chi connectivity index (χ4n) is 3.21. The van der Waals surface area contributed by atoms with E-state index in [9.17, 15) is 4.79 Å². The van der Waals surface area contributed by atoms with E-state index in [-0.39, 0.29) is 5.91 Å². The number of hydrogen-bond donors (Lipinski definition) is 1. The number of aryl methyl sites for hydroxylation is 2. The molecule has 0 bridgehead atoms. The molecule has 5 nitrogen and oxygen atoms in total. The summed E-state index contributed by atoms with van der Waals surface area (Å²) in [7, 11) is 1.88. The summed E-state index contributed by atoms with van der Waals surface area (Å²) in [4.78, 5) is 14.9. The first-order chi connectivity index (χ1) is 9.45. The summed E-state index contributed by atoms with van der Waals surface area (Å²) in [6.07, 6.45) is 4.05. The molecule has 0 saturated heterocycles. The third kappa shape index (κ3) is 2.73. The molecule has 20 heavy (non-hydrogen) atoms. The highest BCUT2D eigenvalue weighted by molar-refractivity contribution is 5.96. The number of rotatable bonds is 3. The van der Waals surface area contributed by atoms with Gasteiger partial charge in [-0.15, -0.1) is 0 Å². The van der Waals surface area contributed by atoms with Crippen LogP contribution in [0.3, 0.4) is 0 Å². The Morgan fingerprint density at radius 3 is 2.40 bits per heavy atom. The largest absolute Gasteiger partial charge is 0.336 e. The molecular formula is C15H26N4O. The summed E-state index contributed by atoms with van der Waals surface area (Å²) >= 11 is 0. The molecule has 112 valence electrons.